The van der Waals surface area contributed by atoms with E-state index in [1.807, 2.05) is 6.92 Å². The maximum absolute atomic E-state index is 12.7. The third kappa shape index (κ3) is 3.32. The van der Waals surface area contributed by atoms with Gasteiger partial charge in [-0.2, -0.15) is 0 Å². The molecule has 2 aromatic rings. The number of hydrogen-bond acceptors (Lipinski definition) is 4. The lowest BCUT2D eigenvalue weighted by Crippen LogP contribution is -2.21. The maximum atomic E-state index is 12.7. The van der Waals surface area contributed by atoms with Gasteiger partial charge in [-0.1, -0.05) is 19.9 Å². The van der Waals surface area contributed by atoms with Crippen molar-refractivity contribution in [3.8, 4) is 10.6 Å². The van der Waals surface area contributed by atoms with Crippen molar-refractivity contribution in [2.75, 3.05) is 5.32 Å². The molecular formula is C20H24N2OS2. The number of rotatable bonds is 3. The molecule has 0 aliphatic heterocycles. The first-order valence-corrected chi connectivity index (χ1v) is 10.7. The zero-order valence-electron chi connectivity index (χ0n) is 15.1. The van der Waals surface area contributed by atoms with Gasteiger partial charge in [0, 0.05) is 27.1 Å². The number of allylic oxidation sites excluding steroid dienone is 1. The molecule has 4 rings (SSSR count). The summed E-state index contributed by atoms with van der Waals surface area (Å²) in [4.78, 5) is 18.8. The van der Waals surface area contributed by atoms with Crippen LogP contribution < -0.4 is 5.32 Å². The standard InChI is InChI=1S/C20H24N2OS2/c1-12-11-24-18(21-12)16-14-10-20(2,3)9-8-15(14)25-19(16)22-17(23)13-6-4-5-7-13/h6,11H,4-5,7-10H2,1-3H3,(H,22,23). The van der Waals surface area contributed by atoms with Gasteiger partial charge in [-0.3, -0.25) is 4.79 Å². The fourth-order valence-corrected chi connectivity index (χ4v) is 5.92. The first kappa shape index (κ1) is 17.0. The van der Waals surface area contributed by atoms with E-state index < -0.39 is 0 Å². The van der Waals surface area contributed by atoms with Crippen molar-refractivity contribution in [1.82, 2.24) is 4.98 Å². The largest absolute Gasteiger partial charge is 0.313 e. The Morgan fingerprint density at radius 3 is 2.84 bits per heavy atom. The summed E-state index contributed by atoms with van der Waals surface area (Å²) in [6.07, 6.45) is 8.46. The minimum atomic E-state index is 0.0740. The number of carbonyl (C=O) groups is 1. The van der Waals surface area contributed by atoms with Crippen molar-refractivity contribution in [2.24, 2.45) is 5.41 Å². The number of amides is 1. The second-order valence-corrected chi connectivity index (χ2v) is 9.88. The van der Waals surface area contributed by atoms with Crippen LogP contribution in [0, 0.1) is 12.3 Å². The Balaban J connectivity index is 1.75. The van der Waals surface area contributed by atoms with Crippen LogP contribution in [0.2, 0.25) is 0 Å². The zero-order valence-corrected chi connectivity index (χ0v) is 16.7. The van der Waals surface area contributed by atoms with E-state index in [1.165, 1.54) is 22.4 Å². The molecule has 0 saturated carbocycles. The van der Waals surface area contributed by atoms with E-state index in [1.54, 1.807) is 22.7 Å². The van der Waals surface area contributed by atoms with Crippen molar-refractivity contribution in [2.45, 2.75) is 59.3 Å². The van der Waals surface area contributed by atoms with Gasteiger partial charge in [-0.25, -0.2) is 4.98 Å². The van der Waals surface area contributed by atoms with Crippen LogP contribution >= 0.6 is 22.7 Å². The van der Waals surface area contributed by atoms with Gasteiger partial charge in [0.1, 0.15) is 10.0 Å². The molecule has 0 bridgehead atoms. The Morgan fingerprint density at radius 1 is 1.32 bits per heavy atom. The van der Waals surface area contributed by atoms with E-state index in [0.717, 1.165) is 53.4 Å². The average Bonchev–Trinajstić information content (AvgIpc) is 3.25. The third-order valence-electron chi connectivity index (χ3n) is 5.17. The summed E-state index contributed by atoms with van der Waals surface area (Å²) in [5.41, 5.74) is 4.88. The SMILES string of the molecule is Cc1csc(-c2c(NC(=O)C3=CCCC3)sc3c2CC(C)(C)CC3)n1. The van der Waals surface area contributed by atoms with Crippen LogP contribution in [0.15, 0.2) is 17.0 Å². The highest BCUT2D eigenvalue weighted by Crippen LogP contribution is 2.48. The Kier molecular flexibility index (Phi) is 4.32. The Bertz CT molecular complexity index is 857. The fraction of sp³-hybridized carbons (Fsp3) is 0.500. The van der Waals surface area contributed by atoms with Gasteiger partial charge in [0.2, 0.25) is 0 Å². The minimum absolute atomic E-state index is 0.0740. The number of thiophene rings is 1. The molecule has 2 aliphatic carbocycles. The summed E-state index contributed by atoms with van der Waals surface area (Å²) < 4.78 is 0. The lowest BCUT2D eigenvalue weighted by molar-refractivity contribution is -0.112. The van der Waals surface area contributed by atoms with Crippen molar-refractivity contribution in [3.05, 3.63) is 33.2 Å². The highest BCUT2D eigenvalue weighted by atomic mass is 32.1. The van der Waals surface area contributed by atoms with Crippen LogP contribution in [-0.2, 0) is 17.6 Å². The first-order valence-electron chi connectivity index (χ1n) is 9.00. The Labute approximate surface area is 157 Å². The molecule has 1 N–H and O–H groups in total. The van der Waals surface area contributed by atoms with Crippen LogP contribution in [-0.4, -0.2) is 10.9 Å². The van der Waals surface area contributed by atoms with E-state index in [-0.39, 0.29) is 5.91 Å². The predicted molar refractivity (Wildman–Crippen MR) is 107 cm³/mol. The maximum Gasteiger partial charge on any atom is 0.251 e. The molecule has 0 saturated heterocycles. The van der Waals surface area contributed by atoms with Gasteiger partial charge in [0.25, 0.3) is 5.91 Å². The summed E-state index contributed by atoms with van der Waals surface area (Å²) in [7, 11) is 0. The number of carbonyl (C=O) groups excluding carboxylic acids is 1. The molecular weight excluding hydrogens is 348 g/mol. The molecule has 132 valence electrons. The van der Waals surface area contributed by atoms with E-state index >= 15 is 0 Å². The van der Waals surface area contributed by atoms with Gasteiger partial charge < -0.3 is 5.32 Å². The van der Waals surface area contributed by atoms with Crippen molar-refractivity contribution < 1.29 is 4.79 Å². The van der Waals surface area contributed by atoms with E-state index in [0.29, 0.717) is 5.41 Å². The second kappa shape index (κ2) is 6.36. The van der Waals surface area contributed by atoms with Crippen molar-refractivity contribution in [1.29, 1.82) is 0 Å². The summed E-state index contributed by atoms with van der Waals surface area (Å²) in [5.74, 6) is 0.0740. The second-order valence-electron chi connectivity index (χ2n) is 7.92. The number of nitrogens with one attached hydrogen (secondary N) is 1. The molecule has 2 aromatic heterocycles. The molecule has 0 aromatic carbocycles. The summed E-state index contributed by atoms with van der Waals surface area (Å²) >= 11 is 3.44. The number of nitrogens with zero attached hydrogens (tertiary/aromatic N) is 1. The van der Waals surface area contributed by atoms with E-state index in [2.05, 4.69) is 30.6 Å². The molecule has 0 spiro atoms. The Morgan fingerprint density at radius 2 is 2.16 bits per heavy atom. The number of anilines is 1. The van der Waals surface area contributed by atoms with Gasteiger partial charge >= 0.3 is 0 Å². The molecule has 0 unspecified atom stereocenters. The highest BCUT2D eigenvalue weighted by Gasteiger charge is 2.32. The molecule has 0 radical (unpaired) electrons. The van der Waals surface area contributed by atoms with Gasteiger partial charge in [-0.15, -0.1) is 22.7 Å². The first-order chi connectivity index (χ1) is 11.9. The summed E-state index contributed by atoms with van der Waals surface area (Å²) in [6.45, 7) is 6.71. The lowest BCUT2D eigenvalue weighted by Gasteiger charge is -2.29. The van der Waals surface area contributed by atoms with Crippen LogP contribution in [0.4, 0.5) is 5.00 Å². The van der Waals surface area contributed by atoms with Crippen LogP contribution in [0.5, 0.6) is 0 Å². The van der Waals surface area contributed by atoms with Gasteiger partial charge in [0.15, 0.2) is 0 Å². The summed E-state index contributed by atoms with van der Waals surface area (Å²) in [6, 6.07) is 0. The number of aryl methyl sites for hydroxylation is 2. The van der Waals surface area contributed by atoms with Crippen molar-refractivity contribution in [3.63, 3.8) is 0 Å². The fourth-order valence-electron chi connectivity index (χ4n) is 3.76. The zero-order chi connectivity index (χ0) is 17.6. The number of aromatic nitrogens is 1. The summed E-state index contributed by atoms with van der Waals surface area (Å²) in [5, 5.41) is 7.36. The molecule has 5 heteroatoms. The predicted octanol–water partition coefficient (Wildman–Crippen LogP) is 5.74. The minimum Gasteiger partial charge on any atom is -0.313 e. The number of fused-ring (bicyclic) bond motifs is 1. The topological polar surface area (TPSA) is 42.0 Å². The van der Waals surface area contributed by atoms with Gasteiger partial charge in [0.05, 0.1) is 0 Å². The average molecular weight is 373 g/mol. The van der Waals surface area contributed by atoms with Gasteiger partial charge in [-0.05, 0) is 56.4 Å². The molecule has 0 fully saturated rings. The number of hydrogen-bond donors (Lipinski definition) is 1. The smallest absolute Gasteiger partial charge is 0.251 e. The molecule has 3 nitrogen and oxygen atoms in total. The molecule has 0 atom stereocenters. The quantitative estimate of drug-likeness (QED) is 0.746. The van der Waals surface area contributed by atoms with Crippen LogP contribution in [0.25, 0.3) is 10.6 Å². The lowest BCUT2D eigenvalue weighted by atomic mass is 9.76. The normalized spacial score (nSPS) is 18.8. The van der Waals surface area contributed by atoms with E-state index in [9.17, 15) is 4.79 Å². The van der Waals surface area contributed by atoms with E-state index in [4.69, 9.17) is 4.98 Å². The highest BCUT2D eigenvalue weighted by molar-refractivity contribution is 7.18. The molecule has 25 heavy (non-hydrogen) atoms. The van der Waals surface area contributed by atoms with Crippen LogP contribution in [0.1, 0.15) is 55.7 Å². The molecule has 2 heterocycles. The van der Waals surface area contributed by atoms with Crippen LogP contribution in [0.3, 0.4) is 0 Å². The number of thiazole rings is 1. The molecule has 1 amide bonds. The molecule has 2 aliphatic rings. The van der Waals surface area contributed by atoms with Crippen molar-refractivity contribution >= 4 is 33.6 Å². The third-order valence-corrected chi connectivity index (χ3v) is 7.35. The monoisotopic (exact) mass is 372 g/mol. The Hall–Kier alpha value is -1.46.